The number of hydrogen-bond donors (Lipinski definition) is 1. The van der Waals surface area contributed by atoms with Crippen LogP contribution in [0.25, 0.3) is 0 Å². The van der Waals surface area contributed by atoms with E-state index >= 15 is 0 Å². The van der Waals surface area contributed by atoms with Gasteiger partial charge >= 0.3 is 5.97 Å². The Kier molecular flexibility index (Phi) is 19.3. The molecule has 2 amide bonds. The van der Waals surface area contributed by atoms with Gasteiger partial charge in [-0.3, -0.25) is 14.4 Å². The number of carbonyl (C=O) groups excluding carboxylic acids is 2. The number of amides is 2. The highest BCUT2D eigenvalue weighted by Gasteiger charge is 2.36. The number of likely N-dealkylation sites (N-methyl/N-ethyl adjacent to an activating group) is 1. The number of benzene rings is 2. The highest BCUT2D eigenvalue weighted by molar-refractivity contribution is 7.12. The van der Waals surface area contributed by atoms with Crippen LogP contribution in [0, 0.1) is 0 Å². The summed E-state index contributed by atoms with van der Waals surface area (Å²) < 4.78 is 38.7. The third-order valence-electron chi connectivity index (χ3n) is 9.35. The topological polar surface area (TPSA) is 146 Å². The lowest BCUT2D eigenvalue weighted by molar-refractivity contribution is -0.138. The van der Waals surface area contributed by atoms with Crippen molar-refractivity contribution in [3.05, 3.63) is 68.3 Å². The number of carboxylic acid groups (broad SMARTS) is 1. The summed E-state index contributed by atoms with van der Waals surface area (Å²) in [5.74, 6) is -0.314. The zero-order chi connectivity index (χ0) is 41.1. The van der Waals surface area contributed by atoms with E-state index in [9.17, 15) is 14.4 Å². The molecule has 1 fully saturated rings. The summed E-state index contributed by atoms with van der Waals surface area (Å²) in [6, 6.07) is 13.7. The number of carboxylic acids is 1. The lowest BCUT2D eigenvalue weighted by Gasteiger charge is -2.37. The summed E-state index contributed by atoms with van der Waals surface area (Å²) in [5.41, 5.74) is 2.71. The second-order valence-corrected chi connectivity index (χ2v) is 15.3. The average molecular weight is 867 g/mol. The van der Waals surface area contributed by atoms with Crippen molar-refractivity contribution in [2.45, 2.75) is 38.1 Å². The van der Waals surface area contributed by atoms with Gasteiger partial charge in [-0.05, 0) is 54.5 Å². The summed E-state index contributed by atoms with van der Waals surface area (Å²) in [4.78, 5) is 43.5. The van der Waals surface area contributed by atoms with Crippen molar-refractivity contribution >= 4 is 63.7 Å². The highest BCUT2D eigenvalue weighted by Crippen LogP contribution is 2.42. The van der Waals surface area contributed by atoms with Crippen molar-refractivity contribution in [1.29, 1.82) is 0 Å². The van der Waals surface area contributed by atoms with E-state index < -0.39 is 5.97 Å². The first-order valence-electron chi connectivity index (χ1n) is 19.6. The minimum Gasteiger partial charge on any atom is -0.481 e. The minimum absolute atomic E-state index is 0.0182. The van der Waals surface area contributed by atoms with Crippen LogP contribution in [0.1, 0.15) is 40.9 Å². The Morgan fingerprint density at radius 1 is 0.741 bits per heavy atom. The highest BCUT2D eigenvalue weighted by atomic mass is 35.5. The fourth-order valence-electron chi connectivity index (χ4n) is 6.09. The van der Waals surface area contributed by atoms with E-state index in [1.807, 2.05) is 28.5 Å². The molecule has 17 heteroatoms. The van der Waals surface area contributed by atoms with Gasteiger partial charge in [-0.2, -0.15) is 0 Å². The maximum absolute atomic E-state index is 13.9. The first kappa shape index (κ1) is 45.6. The van der Waals surface area contributed by atoms with Crippen molar-refractivity contribution in [3.63, 3.8) is 0 Å². The Balaban J connectivity index is 0.914. The van der Waals surface area contributed by atoms with Crippen LogP contribution in [0.4, 0.5) is 11.4 Å². The molecule has 318 valence electrons. The van der Waals surface area contributed by atoms with Gasteiger partial charge in [-0.25, -0.2) is 0 Å². The number of nitrogens with zero attached hydrogens (tertiary/aromatic N) is 3. The molecule has 1 N–H and O–H groups in total. The molecular weight excluding hydrogens is 813 g/mol. The van der Waals surface area contributed by atoms with Gasteiger partial charge in [-0.15, -0.1) is 11.3 Å². The zero-order valence-corrected chi connectivity index (χ0v) is 35.2. The molecule has 1 saturated carbocycles. The second-order valence-electron chi connectivity index (χ2n) is 13.6. The number of aliphatic carboxylic acids is 1. The van der Waals surface area contributed by atoms with Crippen LogP contribution in [-0.4, -0.2) is 140 Å². The molecule has 0 radical (unpaired) electrons. The van der Waals surface area contributed by atoms with Crippen LogP contribution < -0.4 is 14.5 Å². The Bertz CT molecular complexity index is 1760. The summed E-state index contributed by atoms with van der Waals surface area (Å²) >= 11 is 14.6. The molecule has 0 saturated heterocycles. The molecule has 2 heterocycles. The van der Waals surface area contributed by atoms with E-state index in [4.69, 9.17) is 61.5 Å². The van der Waals surface area contributed by atoms with E-state index in [2.05, 4.69) is 11.0 Å². The molecular formula is C41H53Cl2N3O11S. The third kappa shape index (κ3) is 14.6. The molecule has 58 heavy (non-hydrogen) atoms. The van der Waals surface area contributed by atoms with Gasteiger partial charge < -0.3 is 53.0 Å². The van der Waals surface area contributed by atoms with Crippen LogP contribution >= 0.6 is 34.5 Å². The molecule has 0 unspecified atom stereocenters. The summed E-state index contributed by atoms with van der Waals surface area (Å²) in [6.07, 6.45) is 2.98. The van der Waals surface area contributed by atoms with Crippen molar-refractivity contribution < 1.29 is 52.6 Å². The van der Waals surface area contributed by atoms with Crippen molar-refractivity contribution in [2.24, 2.45) is 0 Å². The fourth-order valence-corrected chi connectivity index (χ4v) is 7.33. The molecule has 3 aromatic rings. The number of ether oxygens (including phenoxy) is 7. The average Bonchev–Trinajstić information content (AvgIpc) is 3.96. The number of anilines is 2. The molecule has 1 aliphatic carbocycles. The number of hydrogen-bond acceptors (Lipinski definition) is 12. The van der Waals surface area contributed by atoms with E-state index in [0.717, 1.165) is 23.5 Å². The summed E-state index contributed by atoms with van der Waals surface area (Å²) in [6.45, 7) is 6.46. The maximum Gasteiger partial charge on any atom is 0.305 e. The molecule has 1 aliphatic heterocycles. The number of thiophene rings is 1. The normalized spacial score (nSPS) is 13.8. The maximum atomic E-state index is 13.9. The Hall–Kier alpha value is -3.51. The molecule has 2 aliphatic rings. The quantitative estimate of drug-likeness (QED) is 0.0802. The van der Waals surface area contributed by atoms with E-state index in [0.29, 0.717) is 125 Å². The monoisotopic (exact) mass is 865 g/mol. The zero-order valence-electron chi connectivity index (χ0n) is 32.9. The molecule has 0 spiro atoms. The van der Waals surface area contributed by atoms with Gasteiger partial charge in [0.05, 0.1) is 102 Å². The van der Waals surface area contributed by atoms with Crippen LogP contribution in [-0.2, 0) is 44.4 Å². The number of rotatable bonds is 28. The number of fused-ring (bicyclic) bond motifs is 1. The predicted octanol–water partition coefficient (Wildman–Crippen LogP) is 6.44. The first-order valence-corrected chi connectivity index (χ1v) is 21.2. The molecule has 1 aromatic heterocycles. The van der Waals surface area contributed by atoms with Gasteiger partial charge in [0.25, 0.3) is 5.91 Å². The number of carbonyl (C=O) groups is 3. The van der Waals surface area contributed by atoms with E-state index in [1.165, 1.54) is 24.2 Å². The van der Waals surface area contributed by atoms with Crippen LogP contribution in [0.15, 0.2) is 47.8 Å². The molecule has 2 aromatic carbocycles. The summed E-state index contributed by atoms with van der Waals surface area (Å²) in [7, 11) is 1.73. The van der Waals surface area contributed by atoms with Crippen LogP contribution in [0.5, 0.6) is 11.5 Å². The van der Waals surface area contributed by atoms with Crippen molar-refractivity contribution in [2.75, 3.05) is 116 Å². The van der Waals surface area contributed by atoms with Gasteiger partial charge in [0.1, 0.15) is 10.6 Å². The van der Waals surface area contributed by atoms with E-state index in [1.54, 1.807) is 30.1 Å². The van der Waals surface area contributed by atoms with E-state index in [-0.39, 0.29) is 31.3 Å². The van der Waals surface area contributed by atoms with Gasteiger partial charge in [0.15, 0.2) is 5.75 Å². The van der Waals surface area contributed by atoms with Gasteiger partial charge in [0.2, 0.25) is 5.91 Å². The SMILES string of the molecule is CN(CCOCCOCCOCCOCCOCCOCCC(=O)O)C(=O)CCc1cc(Cl)c(Oc2ccsc2C(=O)N2CCN(C3CC3)c3ccccc32)cc1Cl. The molecule has 0 bridgehead atoms. The summed E-state index contributed by atoms with van der Waals surface area (Å²) in [5, 5.41) is 11.1. The van der Waals surface area contributed by atoms with Crippen LogP contribution in [0.2, 0.25) is 10.0 Å². The second kappa shape index (κ2) is 24.5. The molecule has 0 atom stereocenters. The smallest absolute Gasteiger partial charge is 0.305 e. The van der Waals surface area contributed by atoms with Crippen molar-refractivity contribution in [1.82, 2.24) is 4.90 Å². The number of para-hydroxylation sites is 2. The lowest BCUT2D eigenvalue weighted by Crippen LogP contribution is -2.44. The van der Waals surface area contributed by atoms with Gasteiger partial charge in [0, 0.05) is 50.2 Å². The Morgan fingerprint density at radius 2 is 1.33 bits per heavy atom. The largest absolute Gasteiger partial charge is 0.481 e. The number of aryl methyl sites for hydroxylation is 1. The van der Waals surface area contributed by atoms with Crippen LogP contribution in [0.3, 0.4) is 0 Å². The predicted molar refractivity (Wildman–Crippen MR) is 222 cm³/mol. The Labute approximate surface area is 353 Å². The lowest BCUT2D eigenvalue weighted by atomic mass is 10.1. The fraction of sp³-hybridized carbons (Fsp3) is 0.537. The standard InChI is InChI=1S/C41H53Cl2N3O11S/c1-44(14-16-52-18-20-54-22-24-56-26-25-55-23-21-53-19-17-51-15-10-39(48)49)38(47)9-6-30-28-33(43)37(29-32(30)42)57-36-11-27-58-40(36)41(50)46-13-12-45(31-7-8-31)34-4-2-3-5-35(34)46/h2-5,11,27-29,31H,6-10,12-26H2,1H3,(H,48,49). The van der Waals surface area contributed by atoms with Gasteiger partial charge in [-0.1, -0.05) is 35.3 Å². The molecule has 5 rings (SSSR count). The third-order valence-corrected chi connectivity index (χ3v) is 10.9. The first-order chi connectivity index (χ1) is 28.2. The molecule has 14 nitrogen and oxygen atoms in total. The number of halogens is 2. The van der Waals surface area contributed by atoms with Crippen molar-refractivity contribution in [3.8, 4) is 11.5 Å². The Morgan fingerprint density at radius 3 is 1.93 bits per heavy atom. The minimum atomic E-state index is -0.886.